The number of methoxy groups -OCH3 is 1. The van der Waals surface area contributed by atoms with E-state index in [2.05, 4.69) is 16.6 Å². The van der Waals surface area contributed by atoms with Crippen molar-refractivity contribution in [3.05, 3.63) is 46.7 Å². The fourth-order valence-electron chi connectivity index (χ4n) is 3.35. The molecule has 29 heavy (non-hydrogen) atoms. The SMILES string of the molecule is C=C(N)/N=C1/SCC(=O)C(C)(C)c2nn(Cc3ncc(C)c(OC)c3C)c(N)c21. The Bertz CT molecular complexity index is 1040. The molecule has 3 heterocycles. The number of nitrogens with two attached hydrogens (primary N) is 2. The number of aliphatic imine (C=N–C) groups is 1. The molecule has 1 aliphatic rings. The maximum Gasteiger partial charge on any atom is 0.154 e. The highest BCUT2D eigenvalue weighted by molar-refractivity contribution is 8.15. The number of ketones is 1. The van der Waals surface area contributed by atoms with E-state index in [0.717, 1.165) is 22.6 Å². The summed E-state index contributed by atoms with van der Waals surface area (Å²) in [5, 5.41) is 5.27. The predicted molar refractivity (Wildman–Crippen MR) is 116 cm³/mol. The molecule has 0 aromatic carbocycles. The number of aromatic nitrogens is 3. The van der Waals surface area contributed by atoms with Crippen LogP contribution < -0.4 is 16.2 Å². The van der Waals surface area contributed by atoms with Crippen LogP contribution in [0.3, 0.4) is 0 Å². The Labute approximate surface area is 174 Å². The number of pyridine rings is 1. The van der Waals surface area contributed by atoms with E-state index in [9.17, 15) is 4.79 Å². The number of nitrogen functional groups attached to an aromatic ring is 1. The molecule has 0 unspecified atom stereocenters. The van der Waals surface area contributed by atoms with E-state index in [0.29, 0.717) is 28.7 Å². The third-order valence-corrected chi connectivity index (χ3v) is 6.10. The fraction of sp³-hybridized carbons (Fsp3) is 0.400. The van der Waals surface area contributed by atoms with Crippen molar-refractivity contribution in [1.82, 2.24) is 14.8 Å². The molecular formula is C20H26N6O2S. The molecule has 0 fully saturated rings. The summed E-state index contributed by atoms with van der Waals surface area (Å²) in [6.07, 6.45) is 1.76. The lowest BCUT2D eigenvalue weighted by Gasteiger charge is -2.19. The van der Waals surface area contributed by atoms with Crippen LogP contribution in [0.4, 0.5) is 5.82 Å². The monoisotopic (exact) mass is 414 g/mol. The highest BCUT2D eigenvalue weighted by Gasteiger charge is 2.40. The first-order chi connectivity index (χ1) is 13.6. The van der Waals surface area contributed by atoms with Crippen molar-refractivity contribution in [2.75, 3.05) is 18.6 Å². The van der Waals surface area contributed by atoms with E-state index in [1.54, 1.807) is 18.0 Å². The van der Waals surface area contributed by atoms with Crippen molar-refractivity contribution in [2.45, 2.75) is 39.7 Å². The van der Waals surface area contributed by atoms with Crippen molar-refractivity contribution >= 4 is 28.4 Å². The molecule has 0 spiro atoms. The molecule has 2 aromatic rings. The number of hydrogen-bond acceptors (Lipinski definition) is 8. The minimum absolute atomic E-state index is 0.0487. The number of ether oxygens (including phenoxy) is 1. The fourth-order valence-corrected chi connectivity index (χ4v) is 4.51. The van der Waals surface area contributed by atoms with Gasteiger partial charge < -0.3 is 16.2 Å². The van der Waals surface area contributed by atoms with Crippen LogP contribution in [-0.2, 0) is 16.8 Å². The summed E-state index contributed by atoms with van der Waals surface area (Å²) in [7, 11) is 1.64. The molecule has 1 aliphatic heterocycles. The lowest BCUT2D eigenvalue weighted by Crippen LogP contribution is -2.31. The van der Waals surface area contributed by atoms with Gasteiger partial charge in [-0.25, -0.2) is 9.67 Å². The molecule has 0 saturated carbocycles. The van der Waals surface area contributed by atoms with E-state index < -0.39 is 5.41 Å². The highest BCUT2D eigenvalue weighted by atomic mass is 32.2. The van der Waals surface area contributed by atoms with Crippen LogP contribution >= 0.6 is 11.8 Å². The van der Waals surface area contributed by atoms with E-state index in [-0.39, 0.29) is 17.4 Å². The van der Waals surface area contributed by atoms with E-state index >= 15 is 0 Å². The largest absolute Gasteiger partial charge is 0.496 e. The summed E-state index contributed by atoms with van der Waals surface area (Å²) in [6, 6.07) is 0. The zero-order valence-corrected chi connectivity index (χ0v) is 18.2. The molecule has 154 valence electrons. The van der Waals surface area contributed by atoms with Gasteiger partial charge in [-0.2, -0.15) is 5.10 Å². The summed E-state index contributed by atoms with van der Waals surface area (Å²) < 4.78 is 7.16. The van der Waals surface area contributed by atoms with Crippen LogP contribution in [0.15, 0.2) is 23.6 Å². The Morgan fingerprint density at radius 3 is 2.76 bits per heavy atom. The summed E-state index contributed by atoms with van der Waals surface area (Å²) in [5.74, 6) is 1.67. The molecule has 0 aliphatic carbocycles. The van der Waals surface area contributed by atoms with Gasteiger partial charge in [-0.1, -0.05) is 18.3 Å². The maximum absolute atomic E-state index is 12.7. The highest BCUT2D eigenvalue weighted by Crippen LogP contribution is 2.38. The van der Waals surface area contributed by atoms with Gasteiger partial charge in [0.05, 0.1) is 41.8 Å². The first-order valence-electron chi connectivity index (χ1n) is 9.13. The Balaban J connectivity index is 2.17. The van der Waals surface area contributed by atoms with Gasteiger partial charge in [-0.05, 0) is 27.7 Å². The summed E-state index contributed by atoms with van der Waals surface area (Å²) in [6.45, 7) is 11.6. The second kappa shape index (κ2) is 7.55. The standard InChI is InChI=1S/C20H26N6O2S/c1-10-7-23-13(11(2)16(10)28-6)8-26-18(22)15-17(25-26)20(4,5)14(27)9-29-19(15)24-12(3)21/h7H,3,8-9,21-22H2,1-2,4-6H3/b24-19+. The molecule has 4 N–H and O–H groups in total. The number of carbonyl (C=O) groups excluding carboxylic acids is 1. The van der Waals surface area contributed by atoms with E-state index in [1.807, 2.05) is 27.7 Å². The molecule has 0 amide bonds. The van der Waals surface area contributed by atoms with Crippen molar-refractivity contribution in [1.29, 1.82) is 0 Å². The van der Waals surface area contributed by atoms with Crippen LogP contribution in [0.2, 0.25) is 0 Å². The zero-order valence-electron chi connectivity index (χ0n) is 17.4. The summed E-state index contributed by atoms with van der Waals surface area (Å²) >= 11 is 1.30. The zero-order chi connectivity index (χ0) is 21.5. The predicted octanol–water partition coefficient (Wildman–Crippen LogP) is 2.30. The van der Waals surface area contributed by atoms with Crippen LogP contribution in [-0.4, -0.2) is 38.5 Å². The normalized spacial score (nSPS) is 17.1. The lowest BCUT2D eigenvalue weighted by atomic mass is 9.83. The number of Topliss-reactive ketones (excluding diaryl/α,β-unsaturated/α-hetero) is 1. The quantitative estimate of drug-likeness (QED) is 0.787. The molecular weight excluding hydrogens is 388 g/mol. The number of aryl methyl sites for hydroxylation is 1. The Morgan fingerprint density at radius 1 is 1.45 bits per heavy atom. The van der Waals surface area contributed by atoms with Crippen molar-refractivity contribution in [3.8, 4) is 5.75 Å². The van der Waals surface area contributed by atoms with Crippen LogP contribution in [0, 0.1) is 13.8 Å². The van der Waals surface area contributed by atoms with Gasteiger partial charge in [-0.15, -0.1) is 0 Å². The Kier molecular flexibility index (Phi) is 5.44. The number of rotatable bonds is 4. The number of carbonyl (C=O) groups is 1. The first kappa shape index (κ1) is 20.9. The van der Waals surface area contributed by atoms with Crippen molar-refractivity contribution in [3.63, 3.8) is 0 Å². The van der Waals surface area contributed by atoms with Crippen molar-refractivity contribution in [2.24, 2.45) is 10.7 Å². The maximum atomic E-state index is 12.7. The number of fused-ring (bicyclic) bond motifs is 1. The molecule has 0 bridgehead atoms. The second-order valence-electron chi connectivity index (χ2n) is 7.56. The molecule has 0 radical (unpaired) electrons. The molecule has 9 heteroatoms. The van der Waals surface area contributed by atoms with Gasteiger partial charge in [-0.3, -0.25) is 9.78 Å². The summed E-state index contributed by atoms with van der Waals surface area (Å²) in [4.78, 5) is 21.6. The van der Waals surface area contributed by atoms with Crippen LogP contribution in [0.25, 0.3) is 0 Å². The summed E-state index contributed by atoms with van der Waals surface area (Å²) in [5.41, 5.74) is 15.3. The molecule has 8 nitrogen and oxygen atoms in total. The number of hydrogen-bond donors (Lipinski definition) is 2. The van der Waals surface area contributed by atoms with Crippen LogP contribution in [0.1, 0.15) is 41.9 Å². The minimum Gasteiger partial charge on any atom is -0.496 e. The van der Waals surface area contributed by atoms with Gasteiger partial charge in [0.2, 0.25) is 0 Å². The van der Waals surface area contributed by atoms with E-state index in [4.69, 9.17) is 21.3 Å². The van der Waals surface area contributed by atoms with Gasteiger partial charge >= 0.3 is 0 Å². The Hall–Kier alpha value is -2.81. The first-order valence-corrected chi connectivity index (χ1v) is 10.1. The lowest BCUT2D eigenvalue weighted by molar-refractivity contribution is -0.121. The average Bonchev–Trinajstić information content (AvgIpc) is 2.93. The van der Waals surface area contributed by atoms with Gasteiger partial charge in [0.1, 0.15) is 22.4 Å². The van der Waals surface area contributed by atoms with E-state index in [1.165, 1.54) is 11.8 Å². The minimum atomic E-state index is -0.803. The topological polar surface area (TPSA) is 121 Å². The molecule has 0 saturated heterocycles. The third kappa shape index (κ3) is 3.62. The number of anilines is 1. The third-order valence-electron chi connectivity index (χ3n) is 5.13. The number of thioether (sulfide) groups is 1. The number of nitrogens with zero attached hydrogens (tertiary/aromatic N) is 4. The molecule has 0 atom stereocenters. The molecule has 2 aromatic heterocycles. The molecule has 3 rings (SSSR count). The van der Waals surface area contributed by atoms with Crippen molar-refractivity contribution < 1.29 is 9.53 Å². The second-order valence-corrected chi connectivity index (χ2v) is 8.52. The van der Waals surface area contributed by atoms with Gasteiger partial charge in [0, 0.05) is 17.3 Å². The smallest absolute Gasteiger partial charge is 0.154 e. The van der Waals surface area contributed by atoms with Gasteiger partial charge in [0.25, 0.3) is 0 Å². The van der Waals surface area contributed by atoms with Gasteiger partial charge in [0.15, 0.2) is 5.78 Å². The average molecular weight is 415 g/mol. The van der Waals surface area contributed by atoms with Crippen LogP contribution in [0.5, 0.6) is 5.75 Å². The Morgan fingerprint density at radius 2 is 2.14 bits per heavy atom.